The molecular formula is C15H18N4O. The van der Waals surface area contributed by atoms with Crippen LogP contribution >= 0.6 is 0 Å². The van der Waals surface area contributed by atoms with E-state index < -0.39 is 0 Å². The van der Waals surface area contributed by atoms with E-state index in [0.29, 0.717) is 12.6 Å². The third-order valence-corrected chi connectivity index (χ3v) is 3.16. The Morgan fingerprint density at radius 3 is 3.00 bits per heavy atom. The molecular weight excluding hydrogens is 252 g/mol. The van der Waals surface area contributed by atoms with E-state index in [1.165, 1.54) is 0 Å². The van der Waals surface area contributed by atoms with Gasteiger partial charge in [0, 0.05) is 24.0 Å². The molecule has 0 aliphatic heterocycles. The fourth-order valence-electron chi connectivity index (χ4n) is 2.12. The Kier molecular flexibility index (Phi) is 3.52. The van der Waals surface area contributed by atoms with Gasteiger partial charge in [-0.3, -0.25) is 4.68 Å². The molecule has 0 fully saturated rings. The van der Waals surface area contributed by atoms with Crippen molar-refractivity contribution >= 4 is 10.9 Å². The molecule has 0 spiro atoms. The topological polar surface area (TPSA) is 55.9 Å². The summed E-state index contributed by atoms with van der Waals surface area (Å²) in [7, 11) is 0. The van der Waals surface area contributed by atoms with Crippen LogP contribution in [0.3, 0.4) is 0 Å². The quantitative estimate of drug-likeness (QED) is 0.774. The molecule has 0 saturated heterocycles. The summed E-state index contributed by atoms with van der Waals surface area (Å²) in [5.41, 5.74) is 2.02. The van der Waals surface area contributed by atoms with Gasteiger partial charge in [-0.1, -0.05) is 37.2 Å². The second kappa shape index (κ2) is 5.46. The molecule has 3 aromatic rings. The zero-order chi connectivity index (χ0) is 13.9. The maximum atomic E-state index is 5.37. The number of hydrogen-bond acceptors (Lipinski definition) is 4. The van der Waals surface area contributed by atoms with Gasteiger partial charge < -0.3 is 9.84 Å². The van der Waals surface area contributed by atoms with Gasteiger partial charge in [-0.25, -0.2) is 0 Å². The van der Waals surface area contributed by atoms with Crippen LogP contribution in [0.1, 0.15) is 25.3 Å². The SMILES string of the molecule is CC(C)NCc1cc(Cn2ncc3ccccc32)on1. The first-order chi connectivity index (χ1) is 9.72. The molecule has 0 aliphatic carbocycles. The maximum absolute atomic E-state index is 5.37. The van der Waals surface area contributed by atoms with E-state index >= 15 is 0 Å². The van der Waals surface area contributed by atoms with E-state index in [0.717, 1.165) is 28.9 Å². The monoisotopic (exact) mass is 270 g/mol. The van der Waals surface area contributed by atoms with Crippen LogP contribution < -0.4 is 5.32 Å². The molecule has 2 heterocycles. The number of para-hydroxylation sites is 1. The first-order valence-corrected chi connectivity index (χ1v) is 6.81. The number of rotatable bonds is 5. The van der Waals surface area contributed by atoms with Crippen molar-refractivity contribution in [3.05, 3.63) is 48.0 Å². The average Bonchev–Trinajstić information content (AvgIpc) is 3.05. The lowest BCUT2D eigenvalue weighted by Gasteiger charge is -2.03. The highest BCUT2D eigenvalue weighted by Crippen LogP contribution is 2.15. The Bertz CT molecular complexity index is 699. The normalized spacial score (nSPS) is 11.6. The predicted octanol–water partition coefficient (Wildman–Crippen LogP) is 2.57. The summed E-state index contributed by atoms with van der Waals surface area (Å²) >= 11 is 0. The minimum absolute atomic E-state index is 0.435. The van der Waals surface area contributed by atoms with Crippen molar-refractivity contribution in [2.24, 2.45) is 0 Å². The largest absolute Gasteiger partial charge is 0.359 e. The molecule has 0 unspecified atom stereocenters. The predicted molar refractivity (Wildman–Crippen MR) is 77.3 cm³/mol. The fourth-order valence-corrected chi connectivity index (χ4v) is 2.12. The molecule has 1 aromatic carbocycles. The van der Waals surface area contributed by atoms with Gasteiger partial charge in [0.05, 0.1) is 17.4 Å². The summed E-state index contributed by atoms with van der Waals surface area (Å²) in [5, 5.41) is 12.9. The summed E-state index contributed by atoms with van der Waals surface area (Å²) in [6.45, 7) is 5.54. The van der Waals surface area contributed by atoms with Crippen LogP contribution in [0.5, 0.6) is 0 Å². The van der Waals surface area contributed by atoms with E-state index in [4.69, 9.17) is 4.52 Å². The summed E-state index contributed by atoms with van der Waals surface area (Å²) in [5.74, 6) is 0.819. The van der Waals surface area contributed by atoms with Crippen molar-refractivity contribution in [2.45, 2.75) is 33.0 Å². The number of fused-ring (bicyclic) bond motifs is 1. The molecule has 1 N–H and O–H groups in total. The van der Waals surface area contributed by atoms with Crippen LogP contribution in [0.2, 0.25) is 0 Å². The summed E-state index contributed by atoms with van der Waals surface area (Å²) < 4.78 is 7.29. The van der Waals surface area contributed by atoms with Gasteiger partial charge in [-0.2, -0.15) is 5.10 Å². The smallest absolute Gasteiger partial charge is 0.158 e. The summed E-state index contributed by atoms with van der Waals surface area (Å²) in [6, 6.07) is 10.5. The highest BCUT2D eigenvalue weighted by Gasteiger charge is 2.08. The Hall–Kier alpha value is -2.14. The Morgan fingerprint density at radius 2 is 2.15 bits per heavy atom. The fraction of sp³-hybridized carbons (Fsp3) is 0.333. The van der Waals surface area contributed by atoms with Gasteiger partial charge in [-0.15, -0.1) is 0 Å². The van der Waals surface area contributed by atoms with Crippen LogP contribution in [0, 0.1) is 0 Å². The number of hydrogen-bond donors (Lipinski definition) is 1. The Balaban J connectivity index is 1.74. The number of aromatic nitrogens is 3. The van der Waals surface area contributed by atoms with Crippen LogP contribution in [-0.2, 0) is 13.1 Å². The molecule has 0 aliphatic rings. The van der Waals surface area contributed by atoms with Gasteiger partial charge in [0.2, 0.25) is 0 Å². The summed E-state index contributed by atoms with van der Waals surface area (Å²) in [4.78, 5) is 0. The third kappa shape index (κ3) is 2.72. The molecule has 0 bridgehead atoms. The van der Waals surface area contributed by atoms with Gasteiger partial charge in [0.15, 0.2) is 5.76 Å². The van der Waals surface area contributed by atoms with Gasteiger partial charge in [0.25, 0.3) is 0 Å². The second-order valence-electron chi connectivity index (χ2n) is 5.18. The van der Waals surface area contributed by atoms with Crippen molar-refractivity contribution in [1.29, 1.82) is 0 Å². The van der Waals surface area contributed by atoms with E-state index in [1.54, 1.807) is 0 Å². The van der Waals surface area contributed by atoms with Crippen LogP contribution in [0.25, 0.3) is 10.9 Å². The lowest BCUT2D eigenvalue weighted by atomic mass is 10.2. The van der Waals surface area contributed by atoms with E-state index in [-0.39, 0.29) is 0 Å². The van der Waals surface area contributed by atoms with Crippen LogP contribution in [0.15, 0.2) is 41.1 Å². The highest BCUT2D eigenvalue weighted by molar-refractivity contribution is 5.78. The lowest BCUT2D eigenvalue weighted by Crippen LogP contribution is -2.21. The van der Waals surface area contributed by atoms with E-state index in [1.807, 2.05) is 29.1 Å². The number of nitrogens with zero attached hydrogens (tertiary/aromatic N) is 3. The Labute approximate surface area is 117 Å². The highest BCUT2D eigenvalue weighted by atomic mass is 16.5. The average molecular weight is 270 g/mol. The van der Waals surface area contributed by atoms with Crippen molar-refractivity contribution in [3.8, 4) is 0 Å². The van der Waals surface area contributed by atoms with Crippen molar-refractivity contribution in [1.82, 2.24) is 20.3 Å². The van der Waals surface area contributed by atoms with Crippen molar-refractivity contribution in [3.63, 3.8) is 0 Å². The van der Waals surface area contributed by atoms with E-state index in [9.17, 15) is 0 Å². The zero-order valence-corrected chi connectivity index (χ0v) is 11.7. The minimum Gasteiger partial charge on any atom is -0.359 e. The van der Waals surface area contributed by atoms with Gasteiger partial charge >= 0.3 is 0 Å². The molecule has 20 heavy (non-hydrogen) atoms. The second-order valence-corrected chi connectivity index (χ2v) is 5.18. The lowest BCUT2D eigenvalue weighted by molar-refractivity contribution is 0.365. The van der Waals surface area contributed by atoms with E-state index in [2.05, 4.69) is 41.6 Å². The first-order valence-electron chi connectivity index (χ1n) is 6.81. The zero-order valence-electron chi connectivity index (χ0n) is 11.7. The Morgan fingerprint density at radius 1 is 1.30 bits per heavy atom. The maximum Gasteiger partial charge on any atom is 0.158 e. The molecule has 5 nitrogen and oxygen atoms in total. The molecule has 2 aromatic heterocycles. The van der Waals surface area contributed by atoms with Gasteiger partial charge in [-0.05, 0) is 6.07 Å². The molecule has 0 atom stereocenters. The molecule has 0 radical (unpaired) electrons. The standard InChI is InChI=1S/C15H18N4O/c1-11(2)16-9-13-7-14(20-18-13)10-19-15-6-4-3-5-12(15)8-17-19/h3-8,11,16H,9-10H2,1-2H3. The minimum atomic E-state index is 0.435. The number of benzene rings is 1. The third-order valence-electron chi connectivity index (χ3n) is 3.16. The summed E-state index contributed by atoms with van der Waals surface area (Å²) in [6.07, 6.45) is 1.87. The molecule has 0 amide bonds. The molecule has 0 saturated carbocycles. The molecule has 5 heteroatoms. The van der Waals surface area contributed by atoms with Crippen molar-refractivity contribution < 1.29 is 4.52 Å². The van der Waals surface area contributed by atoms with Crippen LogP contribution in [-0.4, -0.2) is 21.0 Å². The first kappa shape index (κ1) is 12.9. The van der Waals surface area contributed by atoms with Crippen molar-refractivity contribution in [2.75, 3.05) is 0 Å². The number of nitrogens with one attached hydrogen (secondary N) is 1. The molecule has 3 rings (SSSR count). The van der Waals surface area contributed by atoms with Crippen LogP contribution in [0.4, 0.5) is 0 Å². The van der Waals surface area contributed by atoms with Gasteiger partial charge in [0.1, 0.15) is 6.54 Å². The molecule has 104 valence electrons.